The Morgan fingerprint density at radius 1 is 1.14 bits per heavy atom. The number of hydrogen-bond donors (Lipinski definition) is 1. The van der Waals surface area contributed by atoms with Crippen molar-refractivity contribution in [2.45, 2.75) is 59.4 Å². The fourth-order valence-electron chi connectivity index (χ4n) is 1.98. The van der Waals surface area contributed by atoms with Gasteiger partial charge in [0.05, 0.1) is 0 Å². The van der Waals surface area contributed by atoms with Crippen LogP contribution in [0, 0.1) is 6.92 Å². The molecule has 0 heterocycles. The van der Waals surface area contributed by atoms with Gasteiger partial charge in [0, 0.05) is 12.1 Å². The van der Waals surface area contributed by atoms with Crippen LogP contribution in [0.3, 0.4) is 0 Å². The summed E-state index contributed by atoms with van der Waals surface area (Å²) in [5, 5.41) is 3.43. The van der Waals surface area contributed by atoms with Gasteiger partial charge in [0.15, 0.2) is 0 Å². The molecule has 2 nitrogen and oxygen atoms in total. The Morgan fingerprint density at radius 2 is 1.76 bits per heavy atom. The molecule has 118 valence electrons. The molecule has 0 radical (unpaired) electrons. The number of nitrogens with one attached hydrogen (secondary N) is 1. The molecule has 0 aromatic heterocycles. The van der Waals surface area contributed by atoms with Crippen LogP contribution in [0.5, 0.6) is 5.75 Å². The number of rotatable bonds is 5. The zero-order valence-electron chi connectivity index (χ0n) is 14.8. The summed E-state index contributed by atoms with van der Waals surface area (Å²) in [4.78, 5) is 0. The van der Waals surface area contributed by atoms with Crippen molar-refractivity contribution < 1.29 is 4.74 Å². The van der Waals surface area contributed by atoms with Crippen molar-refractivity contribution >= 4 is 0 Å². The highest BCUT2D eigenvalue weighted by molar-refractivity contribution is 5.41. The van der Waals surface area contributed by atoms with Gasteiger partial charge in [0.1, 0.15) is 12.4 Å². The molecule has 1 aromatic carbocycles. The minimum absolute atomic E-state index is 0.0757. The standard InChI is InChI=1S/C19H31NO/c1-14-9-10-17(16(11-14)18(3,4)5)21-13-15(2)12-20-19(6,7)8/h9-11,20H,2,12-13H2,1,3-8H3. The molecular weight excluding hydrogens is 258 g/mol. The van der Waals surface area contributed by atoms with Crippen molar-refractivity contribution in [2.24, 2.45) is 0 Å². The molecular formula is C19H31NO. The second kappa shape index (κ2) is 6.65. The molecule has 0 aliphatic heterocycles. The summed E-state index contributed by atoms with van der Waals surface area (Å²) < 4.78 is 6.01. The van der Waals surface area contributed by atoms with Crippen LogP contribution in [-0.2, 0) is 5.41 Å². The molecule has 0 spiro atoms. The summed E-state index contributed by atoms with van der Waals surface area (Å²) in [6.45, 7) is 20.6. The Labute approximate surface area is 130 Å². The lowest BCUT2D eigenvalue weighted by Crippen LogP contribution is -2.37. The summed E-state index contributed by atoms with van der Waals surface area (Å²) in [6, 6.07) is 6.38. The fourth-order valence-corrected chi connectivity index (χ4v) is 1.98. The summed E-state index contributed by atoms with van der Waals surface area (Å²) >= 11 is 0. The Morgan fingerprint density at radius 3 is 2.29 bits per heavy atom. The van der Waals surface area contributed by atoms with E-state index in [4.69, 9.17) is 4.74 Å². The van der Waals surface area contributed by atoms with Crippen LogP contribution in [0.15, 0.2) is 30.4 Å². The first-order valence-electron chi connectivity index (χ1n) is 7.65. The lowest BCUT2D eigenvalue weighted by atomic mass is 9.85. The summed E-state index contributed by atoms with van der Waals surface area (Å²) in [5.74, 6) is 0.963. The maximum Gasteiger partial charge on any atom is 0.123 e. The van der Waals surface area contributed by atoms with E-state index in [-0.39, 0.29) is 11.0 Å². The maximum atomic E-state index is 6.01. The third-order valence-corrected chi connectivity index (χ3v) is 3.24. The molecule has 1 rings (SSSR count). The molecule has 1 N–H and O–H groups in total. The van der Waals surface area contributed by atoms with Crippen LogP contribution in [0.4, 0.5) is 0 Å². The highest BCUT2D eigenvalue weighted by Gasteiger charge is 2.19. The van der Waals surface area contributed by atoms with Crippen LogP contribution in [-0.4, -0.2) is 18.7 Å². The molecule has 0 saturated heterocycles. The van der Waals surface area contributed by atoms with Crippen LogP contribution < -0.4 is 10.1 Å². The largest absolute Gasteiger partial charge is 0.489 e. The van der Waals surface area contributed by atoms with Gasteiger partial charge in [0.25, 0.3) is 0 Å². The Balaban J connectivity index is 2.70. The molecule has 0 atom stereocenters. The minimum Gasteiger partial charge on any atom is -0.489 e. The zero-order valence-corrected chi connectivity index (χ0v) is 14.8. The van der Waals surface area contributed by atoms with E-state index in [1.165, 1.54) is 11.1 Å². The van der Waals surface area contributed by atoms with Gasteiger partial charge in [-0.1, -0.05) is 45.0 Å². The third kappa shape index (κ3) is 6.34. The van der Waals surface area contributed by atoms with Crippen molar-refractivity contribution in [1.29, 1.82) is 0 Å². The zero-order chi connectivity index (χ0) is 16.3. The molecule has 0 amide bonds. The lowest BCUT2D eigenvalue weighted by Gasteiger charge is -2.24. The number of ether oxygens (including phenoxy) is 1. The van der Waals surface area contributed by atoms with E-state index < -0.39 is 0 Å². The first-order valence-corrected chi connectivity index (χ1v) is 7.65. The normalized spacial score (nSPS) is 12.3. The molecule has 0 unspecified atom stereocenters. The topological polar surface area (TPSA) is 21.3 Å². The van der Waals surface area contributed by atoms with Crippen molar-refractivity contribution in [3.05, 3.63) is 41.5 Å². The maximum absolute atomic E-state index is 6.01. The van der Waals surface area contributed by atoms with Gasteiger partial charge < -0.3 is 10.1 Å². The van der Waals surface area contributed by atoms with E-state index >= 15 is 0 Å². The summed E-state index contributed by atoms with van der Waals surface area (Å²) in [5.41, 5.74) is 3.75. The predicted molar refractivity (Wildman–Crippen MR) is 92.3 cm³/mol. The van der Waals surface area contributed by atoms with Crippen molar-refractivity contribution in [1.82, 2.24) is 5.32 Å². The van der Waals surface area contributed by atoms with E-state index in [0.29, 0.717) is 6.61 Å². The molecule has 0 aliphatic rings. The van der Waals surface area contributed by atoms with Gasteiger partial charge in [-0.15, -0.1) is 0 Å². The van der Waals surface area contributed by atoms with E-state index in [1.54, 1.807) is 0 Å². The first-order chi connectivity index (χ1) is 9.49. The van der Waals surface area contributed by atoms with Crippen molar-refractivity contribution in [2.75, 3.05) is 13.2 Å². The second-order valence-corrected chi connectivity index (χ2v) is 7.89. The van der Waals surface area contributed by atoms with E-state index in [9.17, 15) is 0 Å². The van der Waals surface area contributed by atoms with Gasteiger partial charge in [-0.25, -0.2) is 0 Å². The van der Waals surface area contributed by atoms with Gasteiger partial charge in [0.2, 0.25) is 0 Å². The molecule has 0 saturated carbocycles. The summed E-state index contributed by atoms with van der Waals surface area (Å²) in [6.07, 6.45) is 0. The molecule has 2 heteroatoms. The SMILES string of the molecule is C=C(CNC(C)(C)C)COc1ccc(C)cc1C(C)(C)C. The Kier molecular flexibility index (Phi) is 5.63. The van der Waals surface area contributed by atoms with Crippen molar-refractivity contribution in [3.8, 4) is 5.75 Å². The molecule has 0 bridgehead atoms. The van der Waals surface area contributed by atoms with E-state index in [2.05, 4.69) is 78.6 Å². The minimum atomic E-state index is 0.0757. The molecule has 21 heavy (non-hydrogen) atoms. The average Bonchev–Trinajstić information content (AvgIpc) is 2.32. The highest BCUT2D eigenvalue weighted by atomic mass is 16.5. The van der Waals surface area contributed by atoms with Gasteiger partial charge >= 0.3 is 0 Å². The number of aryl methyl sites for hydroxylation is 1. The van der Waals surface area contributed by atoms with Crippen LogP contribution >= 0.6 is 0 Å². The molecule has 0 fully saturated rings. The van der Waals surface area contributed by atoms with Crippen LogP contribution in [0.25, 0.3) is 0 Å². The van der Waals surface area contributed by atoms with Crippen LogP contribution in [0.2, 0.25) is 0 Å². The fraction of sp³-hybridized carbons (Fsp3) is 0.579. The monoisotopic (exact) mass is 289 g/mol. The van der Waals surface area contributed by atoms with Gasteiger partial charge in [-0.05, 0) is 50.3 Å². The molecule has 1 aromatic rings. The average molecular weight is 289 g/mol. The van der Waals surface area contributed by atoms with Crippen molar-refractivity contribution in [3.63, 3.8) is 0 Å². The summed E-state index contributed by atoms with van der Waals surface area (Å²) in [7, 11) is 0. The Hall–Kier alpha value is -1.28. The van der Waals surface area contributed by atoms with Crippen LogP contribution in [0.1, 0.15) is 52.7 Å². The third-order valence-electron chi connectivity index (χ3n) is 3.24. The predicted octanol–water partition coefficient (Wildman–Crippen LogP) is 4.62. The quantitative estimate of drug-likeness (QED) is 0.799. The molecule has 0 aliphatic carbocycles. The smallest absolute Gasteiger partial charge is 0.123 e. The van der Waals surface area contributed by atoms with E-state index in [1.807, 2.05) is 0 Å². The number of hydrogen-bond acceptors (Lipinski definition) is 2. The van der Waals surface area contributed by atoms with E-state index in [0.717, 1.165) is 17.9 Å². The lowest BCUT2D eigenvalue weighted by molar-refractivity contribution is 0.332. The highest BCUT2D eigenvalue weighted by Crippen LogP contribution is 2.32. The second-order valence-electron chi connectivity index (χ2n) is 7.89. The number of benzene rings is 1. The first kappa shape index (κ1) is 17.8. The Bertz CT molecular complexity index is 489. The van der Waals surface area contributed by atoms with Gasteiger partial charge in [-0.3, -0.25) is 0 Å². The van der Waals surface area contributed by atoms with Gasteiger partial charge in [-0.2, -0.15) is 0 Å².